The molecule has 0 atom stereocenters. The van der Waals surface area contributed by atoms with Gasteiger partial charge in [0.2, 0.25) is 0 Å². The SMILES string of the molecule is COc1ccc(S(=O)(=O)N/N=C/c2ccc(C)cc2)cc1. The van der Waals surface area contributed by atoms with E-state index in [2.05, 4.69) is 9.93 Å². The Kier molecular flexibility index (Phi) is 4.59. The van der Waals surface area contributed by atoms with Crippen LogP contribution in [0.15, 0.2) is 58.5 Å². The molecule has 0 heterocycles. The van der Waals surface area contributed by atoms with Crippen LogP contribution in [0.3, 0.4) is 0 Å². The zero-order chi connectivity index (χ0) is 15.3. The summed E-state index contributed by atoms with van der Waals surface area (Å²) in [6.07, 6.45) is 1.46. The third-order valence-corrected chi connectivity index (χ3v) is 4.07. The Hall–Kier alpha value is -2.34. The second-order valence-electron chi connectivity index (χ2n) is 4.44. The summed E-state index contributed by atoms with van der Waals surface area (Å²) in [6.45, 7) is 1.98. The van der Waals surface area contributed by atoms with Gasteiger partial charge in [0, 0.05) is 0 Å². The Morgan fingerprint density at radius 2 is 1.67 bits per heavy atom. The van der Waals surface area contributed by atoms with E-state index in [1.54, 1.807) is 12.1 Å². The van der Waals surface area contributed by atoms with Gasteiger partial charge in [-0.05, 0) is 36.8 Å². The number of aryl methyl sites for hydroxylation is 1. The Morgan fingerprint density at radius 1 is 1.05 bits per heavy atom. The minimum absolute atomic E-state index is 0.129. The highest BCUT2D eigenvalue weighted by atomic mass is 32.2. The Morgan fingerprint density at radius 3 is 2.24 bits per heavy atom. The van der Waals surface area contributed by atoms with Crippen LogP contribution in [0.5, 0.6) is 5.75 Å². The van der Waals surface area contributed by atoms with Gasteiger partial charge in [0.15, 0.2) is 0 Å². The third kappa shape index (κ3) is 4.06. The number of ether oxygens (including phenoxy) is 1. The van der Waals surface area contributed by atoms with E-state index in [0.717, 1.165) is 11.1 Å². The normalized spacial score (nSPS) is 11.5. The van der Waals surface area contributed by atoms with E-state index in [1.807, 2.05) is 31.2 Å². The molecule has 0 aliphatic heterocycles. The molecule has 2 aromatic carbocycles. The molecule has 0 aliphatic rings. The highest BCUT2D eigenvalue weighted by Gasteiger charge is 2.12. The number of nitrogens with zero attached hydrogens (tertiary/aromatic N) is 1. The van der Waals surface area contributed by atoms with Gasteiger partial charge in [-0.1, -0.05) is 29.8 Å². The van der Waals surface area contributed by atoms with Crippen LogP contribution < -0.4 is 9.57 Å². The van der Waals surface area contributed by atoms with Crippen molar-refractivity contribution in [2.24, 2.45) is 5.10 Å². The first-order valence-electron chi connectivity index (χ1n) is 6.27. The molecule has 0 aromatic heterocycles. The second kappa shape index (κ2) is 6.41. The van der Waals surface area contributed by atoms with Crippen molar-refractivity contribution in [3.05, 3.63) is 59.7 Å². The number of hydrogen-bond donors (Lipinski definition) is 1. The molecule has 0 unspecified atom stereocenters. The lowest BCUT2D eigenvalue weighted by Gasteiger charge is -2.04. The highest BCUT2D eigenvalue weighted by Crippen LogP contribution is 2.15. The summed E-state index contributed by atoms with van der Waals surface area (Å²) in [7, 11) is -2.15. The van der Waals surface area contributed by atoms with Crippen molar-refractivity contribution in [3.8, 4) is 5.75 Å². The molecular weight excluding hydrogens is 288 g/mol. The van der Waals surface area contributed by atoms with E-state index < -0.39 is 10.0 Å². The summed E-state index contributed by atoms with van der Waals surface area (Å²) in [6, 6.07) is 13.7. The van der Waals surface area contributed by atoms with Crippen LogP contribution in [0, 0.1) is 6.92 Å². The molecule has 0 spiro atoms. The average Bonchev–Trinajstić information content (AvgIpc) is 2.49. The van der Waals surface area contributed by atoms with E-state index in [4.69, 9.17) is 4.74 Å². The smallest absolute Gasteiger partial charge is 0.276 e. The molecule has 0 radical (unpaired) electrons. The summed E-state index contributed by atoms with van der Waals surface area (Å²) in [5.74, 6) is 0.595. The fourth-order valence-corrected chi connectivity index (χ4v) is 2.42. The van der Waals surface area contributed by atoms with E-state index >= 15 is 0 Å². The van der Waals surface area contributed by atoms with Gasteiger partial charge < -0.3 is 4.74 Å². The zero-order valence-electron chi connectivity index (χ0n) is 11.8. The molecule has 110 valence electrons. The first kappa shape index (κ1) is 15.1. The molecular formula is C15H16N2O3S. The van der Waals surface area contributed by atoms with E-state index in [-0.39, 0.29) is 4.90 Å². The Balaban J connectivity index is 2.08. The number of methoxy groups -OCH3 is 1. The predicted octanol–water partition coefficient (Wildman–Crippen LogP) is 2.32. The quantitative estimate of drug-likeness (QED) is 0.681. The van der Waals surface area contributed by atoms with Gasteiger partial charge in [0.05, 0.1) is 18.2 Å². The van der Waals surface area contributed by atoms with Crippen molar-refractivity contribution >= 4 is 16.2 Å². The minimum Gasteiger partial charge on any atom is -0.497 e. The minimum atomic E-state index is -3.67. The van der Waals surface area contributed by atoms with Crippen LogP contribution >= 0.6 is 0 Å². The molecule has 2 rings (SSSR count). The van der Waals surface area contributed by atoms with Crippen LogP contribution in [0.25, 0.3) is 0 Å². The topological polar surface area (TPSA) is 67.8 Å². The molecule has 1 N–H and O–H groups in total. The lowest BCUT2D eigenvalue weighted by molar-refractivity contribution is 0.414. The third-order valence-electron chi connectivity index (χ3n) is 2.83. The number of rotatable bonds is 5. The van der Waals surface area contributed by atoms with Crippen molar-refractivity contribution in [1.29, 1.82) is 0 Å². The molecule has 0 aliphatic carbocycles. The number of hydrogen-bond acceptors (Lipinski definition) is 4. The number of hydrazone groups is 1. The fourth-order valence-electron chi connectivity index (χ4n) is 1.63. The standard InChI is InChI=1S/C15H16N2O3S/c1-12-3-5-13(6-4-12)11-16-17-21(18,19)15-9-7-14(20-2)8-10-15/h3-11,17H,1-2H3/b16-11+. The Bertz CT molecular complexity index is 721. The first-order valence-corrected chi connectivity index (χ1v) is 7.75. The van der Waals surface area contributed by atoms with Crippen LogP contribution in [0.4, 0.5) is 0 Å². The number of nitrogens with one attached hydrogen (secondary N) is 1. The molecule has 0 saturated carbocycles. The Labute approximate surface area is 124 Å². The summed E-state index contributed by atoms with van der Waals surface area (Å²) < 4.78 is 29.0. The lowest BCUT2D eigenvalue weighted by Crippen LogP contribution is -2.18. The molecule has 2 aromatic rings. The first-order chi connectivity index (χ1) is 10.0. The summed E-state index contributed by atoms with van der Waals surface area (Å²) in [5, 5.41) is 3.77. The maximum Gasteiger partial charge on any atom is 0.276 e. The maximum absolute atomic E-state index is 12.0. The number of sulfonamides is 1. The molecule has 6 heteroatoms. The molecule has 21 heavy (non-hydrogen) atoms. The van der Waals surface area contributed by atoms with Gasteiger partial charge in [0.25, 0.3) is 10.0 Å². The van der Waals surface area contributed by atoms with Gasteiger partial charge in [0.1, 0.15) is 5.75 Å². The largest absolute Gasteiger partial charge is 0.497 e. The fraction of sp³-hybridized carbons (Fsp3) is 0.133. The predicted molar refractivity (Wildman–Crippen MR) is 82.1 cm³/mol. The zero-order valence-corrected chi connectivity index (χ0v) is 12.6. The van der Waals surface area contributed by atoms with Gasteiger partial charge in [-0.2, -0.15) is 13.5 Å². The lowest BCUT2D eigenvalue weighted by atomic mass is 10.2. The van der Waals surface area contributed by atoms with Crippen LogP contribution in [-0.4, -0.2) is 21.7 Å². The van der Waals surface area contributed by atoms with Crippen molar-refractivity contribution in [2.45, 2.75) is 11.8 Å². The average molecular weight is 304 g/mol. The second-order valence-corrected chi connectivity index (χ2v) is 6.10. The van der Waals surface area contributed by atoms with Crippen molar-refractivity contribution in [1.82, 2.24) is 4.83 Å². The monoisotopic (exact) mass is 304 g/mol. The molecule has 5 nitrogen and oxygen atoms in total. The van der Waals surface area contributed by atoms with Crippen molar-refractivity contribution < 1.29 is 13.2 Å². The molecule has 0 amide bonds. The molecule has 0 bridgehead atoms. The summed E-state index contributed by atoms with van der Waals surface area (Å²) in [4.78, 5) is 2.31. The molecule has 0 saturated heterocycles. The van der Waals surface area contributed by atoms with Crippen molar-refractivity contribution in [3.63, 3.8) is 0 Å². The molecule has 0 fully saturated rings. The maximum atomic E-state index is 12.0. The van der Waals surface area contributed by atoms with Crippen LogP contribution in [0.1, 0.15) is 11.1 Å². The van der Waals surface area contributed by atoms with E-state index in [1.165, 1.54) is 25.5 Å². The van der Waals surface area contributed by atoms with Gasteiger partial charge in [-0.15, -0.1) is 0 Å². The van der Waals surface area contributed by atoms with E-state index in [9.17, 15) is 8.42 Å². The van der Waals surface area contributed by atoms with Gasteiger partial charge in [-0.25, -0.2) is 4.83 Å². The van der Waals surface area contributed by atoms with E-state index in [0.29, 0.717) is 5.75 Å². The van der Waals surface area contributed by atoms with Crippen LogP contribution in [0.2, 0.25) is 0 Å². The van der Waals surface area contributed by atoms with Crippen molar-refractivity contribution in [2.75, 3.05) is 7.11 Å². The summed E-state index contributed by atoms with van der Waals surface area (Å²) in [5.41, 5.74) is 1.95. The number of benzene rings is 2. The summed E-state index contributed by atoms with van der Waals surface area (Å²) >= 11 is 0. The van der Waals surface area contributed by atoms with Crippen LogP contribution in [-0.2, 0) is 10.0 Å². The highest BCUT2D eigenvalue weighted by molar-refractivity contribution is 7.89. The van der Waals surface area contributed by atoms with Gasteiger partial charge >= 0.3 is 0 Å². The van der Waals surface area contributed by atoms with Gasteiger partial charge in [-0.3, -0.25) is 0 Å².